The molecule has 1 N–H and O–H groups in total. The van der Waals surface area contributed by atoms with E-state index < -0.39 is 0 Å². The molecule has 0 aliphatic rings. The molecule has 0 saturated heterocycles. The summed E-state index contributed by atoms with van der Waals surface area (Å²) in [6.45, 7) is 1.87. The average molecular weight is 147 g/mol. The molecule has 0 radical (unpaired) electrons. The quantitative estimate of drug-likeness (QED) is 0.632. The van der Waals surface area contributed by atoms with Gasteiger partial charge in [-0.15, -0.1) is 6.42 Å². The first-order chi connectivity index (χ1) is 5.33. The number of hydrogen-bond donors (Lipinski definition) is 1. The minimum absolute atomic E-state index is 0.0302. The molecule has 1 heterocycles. The zero-order valence-electron chi connectivity index (χ0n) is 6.28. The Hall–Kier alpha value is -1.56. The number of anilines is 1. The first-order valence-corrected chi connectivity index (χ1v) is 3.32. The predicted octanol–water partition coefficient (Wildman–Crippen LogP) is 0.910. The average Bonchev–Trinajstić information content (AvgIpc) is 2.06. The van der Waals surface area contributed by atoms with Crippen molar-refractivity contribution in [3.8, 4) is 12.3 Å². The summed E-state index contributed by atoms with van der Waals surface area (Å²) < 4.78 is 0. The van der Waals surface area contributed by atoms with Crippen molar-refractivity contribution < 1.29 is 0 Å². The summed E-state index contributed by atoms with van der Waals surface area (Å²) in [6.07, 6.45) is 8.48. The Labute approximate surface area is 65.9 Å². The van der Waals surface area contributed by atoms with Gasteiger partial charge in [0.05, 0.1) is 6.04 Å². The Balaban J connectivity index is 2.60. The number of rotatable bonds is 2. The van der Waals surface area contributed by atoms with Crippen LogP contribution in [0.2, 0.25) is 0 Å². The number of nitrogens with one attached hydrogen (secondary N) is 1. The van der Waals surface area contributed by atoms with Gasteiger partial charge < -0.3 is 5.32 Å². The minimum atomic E-state index is -0.0302. The first kappa shape index (κ1) is 7.55. The molecule has 1 rings (SSSR count). The summed E-state index contributed by atoms with van der Waals surface area (Å²) in [5.41, 5.74) is 0. The Morgan fingerprint density at radius 3 is 2.73 bits per heavy atom. The lowest BCUT2D eigenvalue weighted by atomic mass is 10.4. The molecular weight excluding hydrogens is 138 g/mol. The van der Waals surface area contributed by atoms with Gasteiger partial charge >= 0.3 is 0 Å². The zero-order chi connectivity index (χ0) is 8.10. The minimum Gasteiger partial charge on any atom is -0.341 e. The van der Waals surface area contributed by atoms with Crippen molar-refractivity contribution in [2.45, 2.75) is 13.0 Å². The van der Waals surface area contributed by atoms with Gasteiger partial charge in [0.2, 0.25) is 5.95 Å². The highest BCUT2D eigenvalue weighted by Gasteiger charge is 1.96. The van der Waals surface area contributed by atoms with Gasteiger partial charge in [-0.05, 0) is 13.0 Å². The molecule has 3 nitrogen and oxygen atoms in total. The Morgan fingerprint density at radius 2 is 2.18 bits per heavy atom. The summed E-state index contributed by atoms with van der Waals surface area (Å²) in [5, 5.41) is 2.93. The molecule has 0 fully saturated rings. The van der Waals surface area contributed by atoms with Crippen LogP contribution in [0.25, 0.3) is 0 Å². The second-order valence-corrected chi connectivity index (χ2v) is 2.11. The fourth-order valence-electron chi connectivity index (χ4n) is 0.609. The van der Waals surface area contributed by atoms with Gasteiger partial charge in [-0.25, -0.2) is 9.97 Å². The number of nitrogens with zero attached hydrogens (tertiary/aromatic N) is 2. The van der Waals surface area contributed by atoms with Gasteiger partial charge in [0.25, 0.3) is 0 Å². The van der Waals surface area contributed by atoms with Crippen molar-refractivity contribution in [2.75, 3.05) is 5.32 Å². The normalized spacial score (nSPS) is 11.6. The maximum atomic E-state index is 5.15. The first-order valence-electron chi connectivity index (χ1n) is 3.32. The van der Waals surface area contributed by atoms with Crippen LogP contribution >= 0.6 is 0 Å². The molecule has 0 bridgehead atoms. The molecule has 0 amide bonds. The van der Waals surface area contributed by atoms with Crippen LogP contribution in [0.4, 0.5) is 5.95 Å². The molecule has 1 unspecified atom stereocenters. The van der Waals surface area contributed by atoms with Crippen LogP contribution < -0.4 is 5.32 Å². The molecule has 0 aliphatic carbocycles. The molecule has 3 heteroatoms. The SMILES string of the molecule is C#CC(C)Nc1ncccn1. The van der Waals surface area contributed by atoms with E-state index in [1.807, 2.05) is 6.92 Å². The lowest BCUT2D eigenvalue weighted by molar-refractivity contribution is 0.982. The van der Waals surface area contributed by atoms with Crippen molar-refractivity contribution in [1.29, 1.82) is 0 Å². The summed E-state index contributed by atoms with van der Waals surface area (Å²) in [7, 11) is 0. The largest absolute Gasteiger partial charge is 0.341 e. The smallest absolute Gasteiger partial charge is 0.223 e. The van der Waals surface area contributed by atoms with E-state index in [9.17, 15) is 0 Å². The molecule has 1 aromatic heterocycles. The Bertz CT molecular complexity index is 250. The molecule has 11 heavy (non-hydrogen) atoms. The highest BCUT2D eigenvalue weighted by atomic mass is 15.1. The van der Waals surface area contributed by atoms with Crippen LogP contribution in [0.5, 0.6) is 0 Å². The topological polar surface area (TPSA) is 37.8 Å². The van der Waals surface area contributed by atoms with Gasteiger partial charge in [-0.3, -0.25) is 0 Å². The summed E-state index contributed by atoms with van der Waals surface area (Å²) >= 11 is 0. The Kier molecular flexibility index (Phi) is 2.45. The third-order valence-electron chi connectivity index (χ3n) is 1.16. The van der Waals surface area contributed by atoms with E-state index in [0.717, 1.165) is 0 Å². The van der Waals surface area contributed by atoms with Crippen molar-refractivity contribution in [3.63, 3.8) is 0 Å². The maximum absolute atomic E-state index is 5.15. The molecule has 0 saturated carbocycles. The van der Waals surface area contributed by atoms with Crippen molar-refractivity contribution >= 4 is 5.95 Å². The highest BCUT2D eigenvalue weighted by molar-refractivity contribution is 5.27. The van der Waals surface area contributed by atoms with Gasteiger partial charge in [-0.1, -0.05) is 5.92 Å². The Morgan fingerprint density at radius 1 is 1.55 bits per heavy atom. The fourth-order valence-corrected chi connectivity index (χ4v) is 0.609. The van der Waals surface area contributed by atoms with Gasteiger partial charge in [0.15, 0.2) is 0 Å². The van der Waals surface area contributed by atoms with E-state index >= 15 is 0 Å². The lowest BCUT2D eigenvalue weighted by Crippen LogP contribution is -2.13. The van der Waals surface area contributed by atoms with Crippen LogP contribution in [-0.4, -0.2) is 16.0 Å². The molecule has 0 spiro atoms. The molecule has 1 aromatic rings. The van der Waals surface area contributed by atoms with Crippen LogP contribution in [0, 0.1) is 12.3 Å². The molecule has 0 aromatic carbocycles. The third kappa shape index (κ3) is 2.26. The van der Waals surface area contributed by atoms with Crippen LogP contribution in [0.1, 0.15) is 6.92 Å². The van der Waals surface area contributed by atoms with Crippen molar-refractivity contribution in [2.24, 2.45) is 0 Å². The molecule has 0 aliphatic heterocycles. The van der Waals surface area contributed by atoms with E-state index in [4.69, 9.17) is 6.42 Å². The van der Waals surface area contributed by atoms with E-state index in [-0.39, 0.29) is 6.04 Å². The zero-order valence-corrected chi connectivity index (χ0v) is 6.28. The monoisotopic (exact) mass is 147 g/mol. The predicted molar refractivity (Wildman–Crippen MR) is 43.9 cm³/mol. The fraction of sp³-hybridized carbons (Fsp3) is 0.250. The van der Waals surface area contributed by atoms with E-state index in [0.29, 0.717) is 5.95 Å². The molecular formula is C8H9N3. The number of terminal acetylenes is 1. The van der Waals surface area contributed by atoms with Crippen molar-refractivity contribution in [1.82, 2.24) is 9.97 Å². The standard InChI is InChI=1S/C8H9N3/c1-3-7(2)11-8-9-5-4-6-10-8/h1,4-7H,2H3,(H,9,10,11). The second kappa shape index (κ2) is 3.57. The summed E-state index contributed by atoms with van der Waals surface area (Å²) in [6, 6.07) is 1.73. The van der Waals surface area contributed by atoms with E-state index in [1.54, 1.807) is 18.5 Å². The summed E-state index contributed by atoms with van der Waals surface area (Å²) in [5.74, 6) is 3.09. The van der Waals surface area contributed by atoms with Crippen LogP contribution in [0.15, 0.2) is 18.5 Å². The van der Waals surface area contributed by atoms with Gasteiger partial charge in [0, 0.05) is 12.4 Å². The second-order valence-electron chi connectivity index (χ2n) is 2.11. The number of aromatic nitrogens is 2. The third-order valence-corrected chi connectivity index (χ3v) is 1.16. The van der Waals surface area contributed by atoms with Crippen LogP contribution in [-0.2, 0) is 0 Å². The van der Waals surface area contributed by atoms with Crippen LogP contribution in [0.3, 0.4) is 0 Å². The van der Waals surface area contributed by atoms with E-state index in [2.05, 4.69) is 21.2 Å². The van der Waals surface area contributed by atoms with E-state index in [1.165, 1.54) is 0 Å². The molecule has 56 valence electrons. The van der Waals surface area contributed by atoms with Gasteiger partial charge in [0.1, 0.15) is 0 Å². The number of hydrogen-bond acceptors (Lipinski definition) is 3. The highest BCUT2D eigenvalue weighted by Crippen LogP contribution is 1.95. The summed E-state index contributed by atoms with van der Waals surface area (Å²) in [4.78, 5) is 7.90. The lowest BCUT2D eigenvalue weighted by Gasteiger charge is -2.04. The maximum Gasteiger partial charge on any atom is 0.223 e. The van der Waals surface area contributed by atoms with Crippen molar-refractivity contribution in [3.05, 3.63) is 18.5 Å². The van der Waals surface area contributed by atoms with Gasteiger partial charge in [-0.2, -0.15) is 0 Å². The molecule has 1 atom stereocenters.